The number of hydrogen-bond donors (Lipinski definition) is 8. The zero-order valence-electron chi connectivity index (χ0n) is 87.3. The normalized spacial score (nSPS) is 47.8. The van der Waals surface area contributed by atoms with Gasteiger partial charge in [0.15, 0.2) is 0 Å². The first-order valence-electron chi connectivity index (χ1n) is 57.8. The summed E-state index contributed by atoms with van der Waals surface area (Å²) in [5.41, 5.74) is 0.701. The summed E-state index contributed by atoms with van der Waals surface area (Å²) >= 11 is 1.62. The number of carbonyl (C=O) groups excluding carboxylic acids is 5. The van der Waals surface area contributed by atoms with Gasteiger partial charge in [-0.25, -0.2) is 19.9 Å². The summed E-state index contributed by atoms with van der Waals surface area (Å²) in [6, 6.07) is 1.93. The molecule has 0 amide bonds. The maximum Gasteiger partial charge on any atom is 0.201 e. The quantitative estimate of drug-likeness (QED) is 0.0483. The molecular formula is C120H178N8O11S. The van der Waals surface area contributed by atoms with Gasteiger partial charge in [-0.3, -0.25) is 29.1 Å². The van der Waals surface area contributed by atoms with Crippen molar-refractivity contribution in [3.8, 4) is 0 Å². The lowest BCUT2D eigenvalue weighted by atomic mass is 9.49. The van der Waals surface area contributed by atoms with Crippen LogP contribution in [0.3, 0.4) is 0 Å². The van der Waals surface area contributed by atoms with E-state index in [4.69, 9.17) is 4.42 Å². The topological polar surface area (TPSA) is 311 Å². The summed E-state index contributed by atoms with van der Waals surface area (Å²) in [6.07, 6.45) is 69.3. The van der Waals surface area contributed by atoms with Crippen molar-refractivity contribution < 1.29 is 53.9 Å². The van der Waals surface area contributed by atoms with Crippen LogP contribution in [0, 0.1) is 205 Å². The molecule has 20 fully saturated rings. The second-order valence-electron chi connectivity index (χ2n) is 55.0. The van der Waals surface area contributed by atoms with E-state index in [1.807, 2.05) is 58.5 Å². The molecule has 0 aromatic carbocycles. The SMILES string of the molecule is C[C@@]1(O)CC[C@H]2[C@H](CC[C@@H]3[C@@H]2CC[C@]2(C)[C@@H](C(=O)Cc4ccn[nH]4)CC[C@@H]32)C1.C[C@@]1(O)CC[C@H]2[C@H](CC[C@@H]3[C@@H]2CC[C@]2(C)[C@@H](C(=O)Cc4cnc[nH]4)CC[C@@H]32)C1.C[C@@]1(O)CC[C@H]2[C@H](CC[C@@H]3[C@@H]2CC[C@]2(C)[C@@H](C(=O)Cc4ncc[nH]4)CC[C@@H]32)C1.C[C@@]1(O)CC[C@H]2[C@H](CC[C@@H]3[C@@H]2CC[C@]2(C)[C@@H](C(=O)Cc4ncco4)CC[C@@H]32)C1.C[C@@]1(O)CC[C@H]2[C@H](CC[C@@H]3[C@@H]2CC[C@]2(C)[C@@H](C(=O)Cc4nccs4)CC[C@@H]32)C1. The van der Waals surface area contributed by atoms with E-state index < -0.39 is 28.0 Å². The van der Waals surface area contributed by atoms with Gasteiger partial charge in [-0.05, 0) is 505 Å². The first-order chi connectivity index (χ1) is 66.9. The Bertz CT molecular complexity index is 4360. The highest BCUT2D eigenvalue weighted by molar-refractivity contribution is 7.09. The maximum absolute atomic E-state index is 13.2. The number of fused-ring (bicyclic) bond motifs is 25. The van der Waals surface area contributed by atoms with E-state index in [-0.39, 0.29) is 56.7 Å². The second kappa shape index (κ2) is 39.3. The van der Waals surface area contributed by atoms with E-state index in [0.717, 1.165) is 261 Å². The molecule has 770 valence electrons. The van der Waals surface area contributed by atoms with Crippen LogP contribution in [-0.4, -0.2) is 123 Å². The molecule has 20 aliphatic rings. The van der Waals surface area contributed by atoms with Gasteiger partial charge in [-0.15, -0.1) is 11.3 Å². The van der Waals surface area contributed by atoms with E-state index in [1.54, 1.807) is 48.7 Å². The fourth-order valence-electron chi connectivity index (χ4n) is 41.3. The smallest absolute Gasteiger partial charge is 0.201 e. The zero-order chi connectivity index (χ0) is 97.6. The third-order valence-electron chi connectivity index (χ3n) is 47.5. The molecule has 20 saturated carbocycles. The van der Waals surface area contributed by atoms with Crippen LogP contribution >= 0.6 is 11.3 Å². The summed E-state index contributed by atoms with van der Waals surface area (Å²) < 4.78 is 5.34. The number of aromatic nitrogens is 8. The zero-order valence-corrected chi connectivity index (χ0v) is 88.1. The van der Waals surface area contributed by atoms with E-state index >= 15 is 0 Å². The Kier molecular flexibility index (Phi) is 28.2. The van der Waals surface area contributed by atoms with Crippen LogP contribution in [0.4, 0.5) is 0 Å². The first-order valence-corrected chi connectivity index (χ1v) is 58.7. The average molecular weight is 1940 g/mol. The largest absolute Gasteiger partial charge is 0.449 e. The number of carbonyl (C=O) groups is 5. The molecule has 140 heavy (non-hydrogen) atoms. The minimum atomic E-state index is -0.443. The monoisotopic (exact) mass is 1940 g/mol. The molecule has 5 aromatic rings. The van der Waals surface area contributed by atoms with Crippen molar-refractivity contribution in [1.29, 1.82) is 0 Å². The number of Topliss-reactive ketones (excluding diaryl/α,β-unsaturated/α-hetero) is 5. The van der Waals surface area contributed by atoms with Crippen molar-refractivity contribution in [3.05, 3.63) is 89.3 Å². The number of H-pyrrole nitrogens is 3. The molecule has 5 aromatic heterocycles. The highest BCUT2D eigenvalue weighted by atomic mass is 32.1. The number of ketones is 5. The Morgan fingerprint density at radius 3 is 0.950 bits per heavy atom. The number of aromatic amines is 3. The number of nitrogens with one attached hydrogen (secondary N) is 3. The highest BCUT2D eigenvalue weighted by Gasteiger charge is 2.66. The van der Waals surface area contributed by atoms with E-state index in [2.05, 4.69) is 74.7 Å². The second-order valence-corrected chi connectivity index (χ2v) is 56.0. The predicted molar refractivity (Wildman–Crippen MR) is 544 cm³/mol. The Hall–Kier alpha value is -5.38. The van der Waals surface area contributed by atoms with Gasteiger partial charge in [0.2, 0.25) is 5.89 Å². The van der Waals surface area contributed by atoms with Gasteiger partial charge >= 0.3 is 0 Å². The lowest BCUT2D eigenvalue weighted by Crippen LogP contribution is -2.51. The minimum absolute atomic E-state index is 0.165. The summed E-state index contributed by atoms with van der Waals surface area (Å²) in [7, 11) is 0. The summed E-state index contributed by atoms with van der Waals surface area (Å²) in [5.74, 6) is 24.1. The minimum Gasteiger partial charge on any atom is -0.449 e. The number of hydrogen-bond acceptors (Lipinski definition) is 17. The Morgan fingerprint density at radius 2 is 0.657 bits per heavy atom. The first kappa shape index (κ1) is 101. The lowest BCUT2D eigenvalue weighted by Gasteiger charge is -2.56. The number of thiazole rings is 1. The fourth-order valence-corrected chi connectivity index (χ4v) is 42.0. The highest BCUT2D eigenvalue weighted by Crippen LogP contribution is 2.72. The molecule has 5 heterocycles. The molecule has 8 N–H and O–H groups in total. The van der Waals surface area contributed by atoms with Crippen LogP contribution in [-0.2, 0) is 56.1 Å². The van der Waals surface area contributed by atoms with Crippen molar-refractivity contribution in [2.75, 3.05) is 0 Å². The van der Waals surface area contributed by atoms with Gasteiger partial charge in [0.25, 0.3) is 0 Å². The van der Waals surface area contributed by atoms with Crippen molar-refractivity contribution in [1.82, 2.24) is 40.1 Å². The molecule has 0 saturated heterocycles. The summed E-state index contributed by atoms with van der Waals surface area (Å²) in [4.78, 5) is 88.8. The van der Waals surface area contributed by atoms with Crippen LogP contribution in [0.15, 0.2) is 65.6 Å². The van der Waals surface area contributed by atoms with Gasteiger partial charge in [-0.1, -0.05) is 34.6 Å². The Morgan fingerprint density at radius 1 is 0.329 bits per heavy atom. The van der Waals surface area contributed by atoms with E-state index in [9.17, 15) is 49.5 Å². The molecule has 0 unspecified atom stereocenters. The van der Waals surface area contributed by atoms with Crippen molar-refractivity contribution in [3.63, 3.8) is 0 Å². The number of oxazole rings is 1. The van der Waals surface area contributed by atoms with E-state index in [1.165, 1.54) is 193 Å². The molecule has 20 aliphatic carbocycles. The summed E-state index contributed by atoms with van der Waals surface area (Å²) in [5, 5.41) is 62.7. The average Bonchev–Trinajstić information content (AvgIpc) is 1.50. The van der Waals surface area contributed by atoms with Gasteiger partial charge in [0, 0.05) is 90.2 Å². The molecule has 19 nitrogen and oxygen atoms in total. The van der Waals surface area contributed by atoms with Crippen LogP contribution < -0.4 is 0 Å². The molecule has 25 rings (SSSR count). The number of aliphatic hydroxyl groups is 5. The summed E-state index contributed by atoms with van der Waals surface area (Å²) in [6.45, 7) is 22.4. The Labute approximate surface area is 841 Å². The van der Waals surface area contributed by atoms with Crippen molar-refractivity contribution in [2.45, 2.75) is 418 Å². The van der Waals surface area contributed by atoms with Gasteiger partial charge in [0.1, 0.15) is 41.0 Å². The molecular weight excluding hydrogens is 1760 g/mol. The molecule has 0 bridgehead atoms. The maximum atomic E-state index is 13.2. The third-order valence-corrected chi connectivity index (χ3v) is 48.3. The molecule has 20 heteroatoms. The molecule has 0 aliphatic heterocycles. The van der Waals surface area contributed by atoms with Gasteiger partial charge in [0.05, 0.1) is 64.8 Å². The van der Waals surface area contributed by atoms with E-state index in [0.29, 0.717) is 72.8 Å². The number of rotatable bonds is 15. The lowest BCUT2D eigenvalue weighted by molar-refractivity contribution is -0.132. The molecule has 0 spiro atoms. The molecule has 40 atom stereocenters. The standard InChI is InChI=1S/3C24H36N2O2.C24H35NO3.C24H35NO2S/c1-23(28)10-7-17-15(14-23)3-4-19-18(17)8-11-24(2)20(19)5-6-21(24)22(27)13-16-9-12-25-26-16;1-23(28)9-7-17-15(12-23)3-4-19-18(17)8-10-24(2)20(19)5-6-21(24)22(27)11-16-13-25-14-26-16;1-23(28)9-7-16-15(14-23)3-4-18-17(16)8-10-24(2)19(18)5-6-20(24)21(27)13-22-25-11-12-26-22;2*1-23(27)9-7-16-15(14-23)3-4-18-17(16)8-10-24(2)19(18)5-6-20(24)21(26)13-22-25-11-12-28-22/h9,12,15,17-21,28H,3-8,10-11,13-14H2,1-2H3,(H,25,26);13-15,17-21,28H,3-12H2,1-2H3,(H,25,26);11-12,15-20,28H,3-10,13-14H2,1-2H3,(H,25,26);2*11-12,15-20,27H,3-10,13-14H2,1-2H3/t2*15-,17+,18-,19-,20+,21-,23-,24+;3*15-,16+,17-,18-,19+,20-,23-,24+/m11111/s1. The number of nitrogens with zero attached hydrogens (tertiary/aromatic N) is 5. The van der Waals surface area contributed by atoms with Gasteiger partial charge < -0.3 is 39.9 Å². The van der Waals surface area contributed by atoms with Crippen LogP contribution in [0.1, 0.15) is 386 Å². The van der Waals surface area contributed by atoms with Crippen molar-refractivity contribution >= 4 is 40.3 Å². The number of imidazole rings is 2. The fraction of sp³-hybridized carbons (Fsp3) is 0.833. The van der Waals surface area contributed by atoms with Crippen LogP contribution in [0.5, 0.6) is 0 Å². The van der Waals surface area contributed by atoms with Crippen LogP contribution in [0.2, 0.25) is 0 Å². The third kappa shape index (κ3) is 19.3. The predicted octanol–water partition coefficient (Wildman–Crippen LogP) is 23.7. The Balaban J connectivity index is 0.000000104. The molecule has 0 radical (unpaired) electrons. The van der Waals surface area contributed by atoms with Crippen LogP contribution in [0.25, 0.3) is 0 Å². The van der Waals surface area contributed by atoms with Gasteiger partial charge in [-0.2, -0.15) is 5.10 Å². The van der Waals surface area contributed by atoms with Crippen molar-refractivity contribution in [2.24, 2.45) is 205 Å².